The third-order valence-electron chi connectivity index (χ3n) is 4.37. The monoisotopic (exact) mass is 329 g/mol. The number of hydrogen-bond acceptors (Lipinski definition) is 5. The molecule has 0 spiro atoms. The summed E-state index contributed by atoms with van der Waals surface area (Å²) in [6, 6.07) is 7.16. The summed E-state index contributed by atoms with van der Waals surface area (Å²) < 4.78 is 18.7. The minimum Gasteiger partial charge on any atom is -0.486 e. The predicted molar refractivity (Wildman–Crippen MR) is 85.2 cm³/mol. The van der Waals surface area contributed by atoms with Gasteiger partial charge in [0, 0.05) is 19.9 Å². The zero-order valence-corrected chi connectivity index (χ0v) is 13.4. The maximum Gasteiger partial charge on any atom is 0.255 e. The van der Waals surface area contributed by atoms with Crippen LogP contribution in [0.1, 0.15) is 28.6 Å². The first-order chi connectivity index (χ1) is 11.7. The fraction of sp³-hybridized carbons (Fsp3) is 0.412. The number of nitrogens with zero attached hydrogens (tertiary/aromatic N) is 2. The van der Waals surface area contributed by atoms with Gasteiger partial charge < -0.3 is 19.5 Å². The van der Waals surface area contributed by atoms with E-state index in [-0.39, 0.29) is 18.1 Å². The van der Waals surface area contributed by atoms with Gasteiger partial charge in [-0.25, -0.2) is 0 Å². The Labute approximate surface area is 139 Å². The van der Waals surface area contributed by atoms with Crippen molar-refractivity contribution in [3.05, 3.63) is 41.7 Å². The van der Waals surface area contributed by atoms with Gasteiger partial charge in [-0.15, -0.1) is 0 Å². The molecule has 1 saturated heterocycles. The molecular formula is C17H19N3O4. The van der Waals surface area contributed by atoms with Crippen molar-refractivity contribution >= 4 is 5.91 Å². The average Bonchev–Trinajstić information content (AvgIpc) is 3.22. The lowest BCUT2D eigenvalue weighted by molar-refractivity contribution is 0.0786. The Kier molecular flexibility index (Phi) is 3.86. The topological polar surface area (TPSA) is 74.6 Å². The van der Waals surface area contributed by atoms with Gasteiger partial charge in [0.1, 0.15) is 19.3 Å². The van der Waals surface area contributed by atoms with Crippen LogP contribution in [0.4, 0.5) is 0 Å². The molecule has 0 radical (unpaired) electrons. The maximum absolute atomic E-state index is 12.7. The highest BCUT2D eigenvalue weighted by atomic mass is 16.6. The molecule has 2 aliphatic heterocycles. The molecule has 0 aliphatic carbocycles. The minimum atomic E-state index is -0.196. The highest BCUT2D eigenvalue weighted by Gasteiger charge is 2.33. The average molecular weight is 329 g/mol. The Morgan fingerprint density at radius 1 is 1.25 bits per heavy atom. The molecule has 1 amide bonds. The molecule has 1 aromatic heterocycles. The summed E-state index contributed by atoms with van der Waals surface area (Å²) in [5.41, 5.74) is 1.44. The van der Waals surface area contributed by atoms with Gasteiger partial charge in [-0.05, 0) is 24.6 Å². The summed E-state index contributed by atoms with van der Waals surface area (Å²) in [7, 11) is 1.87. The van der Waals surface area contributed by atoms with Gasteiger partial charge in [-0.1, -0.05) is 6.07 Å². The number of ether oxygens (including phenoxy) is 3. The van der Waals surface area contributed by atoms with Gasteiger partial charge in [0.2, 0.25) is 0 Å². The standard InChI is InChI=1S/C17H19N3O4/c1-20-13(5-7-18-20)16-12(6-8-23-16)19-17(21)11-3-2-4-14-15(11)24-10-9-22-14/h2-5,7,12,16H,6,8-10H2,1H3,(H,19,21)/t12-,16-/m0/s1. The van der Waals surface area contributed by atoms with Crippen LogP contribution in [0, 0.1) is 0 Å². The molecule has 4 rings (SSSR count). The molecule has 0 bridgehead atoms. The lowest BCUT2D eigenvalue weighted by Gasteiger charge is -2.23. The summed E-state index contributed by atoms with van der Waals surface area (Å²) in [4.78, 5) is 12.7. The largest absolute Gasteiger partial charge is 0.486 e. The number of nitrogens with one attached hydrogen (secondary N) is 1. The molecule has 0 saturated carbocycles. The van der Waals surface area contributed by atoms with Crippen molar-refractivity contribution in [3.63, 3.8) is 0 Å². The lowest BCUT2D eigenvalue weighted by Crippen LogP contribution is -2.37. The molecule has 1 aromatic carbocycles. The predicted octanol–water partition coefficient (Wildman–Crippen LogP) is 1.45. The second kappa shape index (κ2) is 6.16. The van der Waals surface area contributed by atoms with Gasteiger partial charge in [-0.3, -0.25) is 9.48 Å². The summed E-state index contributed by atoms with van der Waals surface area (Å²) in [6.45, 7) is 1.55. The van der Waals surface area contributed by atoms with E-state index in [2.05, 4.69) is 10.4 Å². The Balaban J connectivity index is 1.55. The third kappa shape index (κ3) is 2.60. The second-order valence-electron chi connectivity index (χ2n) is 5.87. The van der Waals surface area contributed by atoms with Crippen LogP contribution < -0.4 is 14.8 Å². The Morgan fingerprint density at radius 2 is 2.12 bits per heavy atom. The molecule has 7 heteroatoms. The summed E-state index contributed by atoms with van der Waals surface area (Å²) in [5.74, 6) is 0.942. The van der Waals surface area contributed by atoms with Gasteiger partial charge in [0.05, 0.1) is 17.3 Å². The molecule has 7 nitrogen and oxygen atoms in total. The molecule has 2 aromatic rings. The first-order valence-corrected chi connectivity index (χ1v) is 8.03. The highest BCUT2D eigenvalue weighted by molar-refractivity contribution is 5.98. The number of amides is 1. The van der Waals surface area contributed by atoms with Crippen molar-refractivity contribution in [2.75, 3.05) is 19.8 Å². The third-order valence-corrected chi connectivity index (χ3v) is 4.37. The molecule has 0 unspecified atom stereocenters. The van der Waals surface area contributed by atoms with E-state index < -0.39 is 0 Å². The number of benzene rings is 1. The SMILES string of the molecule is Cn1nccc1[C@H]1OCC[C@@H]1NC(=O)c1cccc2c1OCCO2. The smallest absolute Gasteiger partial charge is 0.255 e. The summed E-state index contributed by atoms with van der Waals surface area (Å²) in [5, 5.41) is 7.25. The Morgan fingerprint density at radius 3 is 2.96 bits per heavy atom. The van der Waals surface area contributed by atoms with E-state index in [0.29, 0.717) is 36.9 Å². The number of aryl methyl sites for hydroxylation is 1. The van der Waals surface area contributed by atoms with Crippen LogP contribution >= 0.6 is 0 Å². The molecular weight excluding hydrogens is 310 g/mol. The molecule has 126 valence electrons. The van der Waals surface area contributed by atoms with E-state index in [1.807, 2.05) is 19.2 Å². The lowest BCUT2D eigenvalue weighted by atomic mass is 10.1. The van der Waals surface area contributed by atoms with E-state index in [0.717, 1.165) is 12.1 Å². The number of carbonyl (C=O) groups is 1. The summed E-state index contributed by atoms with van der Waals surface area (Å²) in [6.07, 6.45) is 2.29. The Bertz CT molecular complexity index is 758. The van der Waals surface area contributed by atoms with Crippen molar-refractivity contribution in [2.24, 2.45) is 7.05 Å². The fourth-order valence-corrected chi connectivity index (χ4v) is 3.19. The molecule has 3 heterocycles. The first kappa shape index (κ1) is 15.0. The summed E-state index contributed by atoms with van der Waals surface area (Å²) >= 11 is 0. The van der Waals surface area contributed by atoms with Crippen LogP contribution in [-0.4, -0.2) is 41.6 Å². The van der Waals surface area contributed by atoms with Crippen molar-refractivity contribution in [1.29, 1.82) is 0 Å². The van der Waals surface area contributed by atoms with Crippen LogP contribution in [0.25, 0.3) is 0 Å². The molecule has 1 fully saturated rings. The number of para-hydroxylation sites is 1. The number of hydrogen-bond donors (Lipinski definition) is 1. The van der Waals surface area contributed by atoms with Crippen molar-refractivity contribution in [3.8, 4) is 11.5 Å². The van der Waals surface area contributed by atoms with Crippen LogP contribution in [0.5, 0.6) is 11.5 Å². The van der Waals surface area contributed by atoms with Crippen molar-refractivity contribution in [2.45, 2.75) is 18.6 Å². The van der Waals surface area contributed by atoms with Gasteiger partial charge in [0.15, 0.2) is 11.5 Å². The quantitative estimate of drug-likeness (QED) is 0.922. The zero-order valence-electron chi connectivity index (χ0n) is 13.4. The van der Waals surface area contributed by atoms with Crippen LogP contribution in [-0.2, 0) is 11.8 Å². The van der Waals surface area contributed by atoms with Crippen LogP contribution in [0.2, 0.25) is 0 Å². The van der Waals surface area contributed by atoms with E-state index in [4.69, 9.17) is 14.2 Å². The Hall–Kier alpha value is -2.54. The number of fused-ring (bicyclic) bond motifs is 1. The van der Waals surface area contributed by atoms with Gasteiger partial charge >= 0.3 is 0 Å². The second-order valence-corrected chi connectivity index (χ2v) is 5.87. The molecule has 2 atom stereocenters. The number of carbonyl (C=O) groups excluding carboxylic acids is 1. The molecule has 24 heavy (non-hydrogen) atoms. The maximum atomic E-state index is 12.7. The van der Waals surface area contributed by atoms with E-state index in [1.165, 1.54) is 0 Å². The van der Waals surface area contributed by atoms with Gasteiger partial charge in [-0.2, -0.15) is 5.10 Å². The van der Waals surface area contributed by atoms with Gasteiger partial charge in [0.25, 0.3) is 5.91 Å². The van der Waals surface area contributed by atoms with Crippen molar-refractivity contribution in [1.82, 2.24) is 15.1 Å². The highest BCUT2D eigenvalue weighted by Crippen LogP contribution is 2.34. The fourth-order valence-electron chi connectivity index (χ4n) is 3.19. The number of aromatic nitrogens is 2. The first-order valence-electron chi connectivity index (χ1n) is 8.03. The molecule has 1 N–H and O–H groups in total. The van der Waals surface area contributed by atoms with Crippen molar-refractivity contribution < 1.29 is 19.0 Å². The van der Waals surface area contributed by atoms with E-state index in [1.54, 1.807) is 23.0 Å². The zero-order chi connectivity index (χ0) is 16.5. The normalized spacial score (nSPS) is 22.4. The number of rotatable bonds is 3. The van der Waals surface area contributed by atoms with Crippen LogP contribution in [0.15, 0.2) is 30.5 Å². The van der Waals surface area contributed by atoms with Crippen LogP contribution in [0.3, 0.4) is 0 Å². The minimum absolute atomic E-state index is 0.103. The van der Waals surface area contributed by atoms with E-state index in [9.17, 15) is 4.79 Å². The molecule has 2 aliphatic rings. The van der Waals surface area contributed by atoms with E-state index >= 15 is 0 Å².